The minimum absolute atomic E-state index is 0.405. The van der Waals surface area contributed by atoms with Gasteiger partial charge in [-0.3, -0.25) is 4.98 Å². The number of rotatable bonds is 4. The topological polar surface area (TPSA) is 39.9 Å². The lowest BCUT2D eigenvalue weighted by atomic mass is 10.1. The number of methoxy groups -OCH3 is 1. The first-order valence-corrected chi connectivity index (χ1v) is 6.54. The van der Waals surface area contributed by atoms with Crippen LogP contribution in [0, 0.1) is 13.8 Å². The average molecular weight is 259 g/mol. The van der Waals surface area contributed by atoms with E-state index in [2.05, 4.69) is 35.3 Å². The number of pyridine rings is 1. The molecule has 4 heteroatoms. The van der Waals surface area contributed by atoms with Gasteiger partial charge in [0.1, 0.15) is 11.6 Å². The van der Waals surface area contributed by atoms with Crippen molar-refractivity contribution in [2.45, 2.75) is 40.2 Å². The second kappa shape index (κ2) is 5.43. The Morgan fingerprint density at radius 3 is 2.63 bits per heavy atom. The molecule has 0 radical (unpaired) electrons. The lowest BCUT2D eigenvalue weighted by Crippen LogP contribution is -2.09. The van der Waals surface area contributed by atoms with Gasteiger partial charge in [0.25, 0.3) is 0 Å². The van der Waals surface area contributed by atoms with Crippen LogP contribution in [0.25, 0.3) is 0 Å². The summed E-state index contributed by atoms with van der Waals surface area (Å²) < 4.78 is 7.60. The van der Waals surface area contributed by atoms with Crippen LogP contribution in [0.2, 0.25) is 0 Å². The summed E-state index contributed by atoms with van der Waals surface area (Å²) in [5.41, 5.74) is 3.20. The standard InChI is InChI=1S/C15H21N3O/c1-10(2)15-16-6-7-18(15)9-13-12(4)14(19-5)11(3)8-17-13/h6-8,10H,9H2,1-5H3. The van der Waals surface area contributed by atoms with Crippen molar-refractivity contribution in [1.29, 1.82) is 0 Å². The van der Waals surface area contributed by atoms with Crippen molar-refractivity contribution in [2.75, 3.05) is 7.11 Å². The highest BCUT2D eigenvalue weighted by atomic mass is 16.5. The molecule has 0 N–H and O–H groups in total. The molecule has 0 spiro atoms. The largest absolute Gasteiger partial charge is 0.496 e. The predicted molar refractivity (Wildman–Crippen MR) is 75.7 cm³/mol. The number of hydrogen-bond acceptors (Lipinski definition) is 3. The van der Waals surface area contributed by atoms with Gasteiger partial charge in [0.15, 0.2) is 0 Å². The lowest BCUT2D eigenvalue weighted by Gasteiger charge is -2.14. The number of nitrogens with zero attached hydrogens (tertiary/aromatic N) is 3. The highest BCUT2D eigenvalue weighted by molar-refractivity contribution is 5.41. The minimum Gasteiger partial charge on any atom is -0.496 e. The first-order valence-electron chi connectivity index (χ1n) is 6.54. The Balaban J connectivity index is 2.36. The molecule has 2 heterocycles. The van der Waals surface area contributed by atoms with Crippen molar-refractivity contribution >= 4 is 0 Å². The molecule has 2 rings (SSSR count). The maximum absolute atomic E-state index is 5.45. The highest BCUT2D eigenvalue weighted by Gasteiger charge is 2.12. The quantitative estimate of drug-likeness (QED) is 0.847. The summed E-state index contributed by atoms with van der Waals surface area (Å²) in [6.45, 7) is 9.10. The van der Waals surface area contributed by atoms with Crippen molar-refractivity contribution < 1.29 is 4.74 Å². The predicted octanol–water partition coefficient (Wildman–Crippen LogP) is 3.08. The van der Waals surface area contributed by atoms with E-state index in [1.165, 1.54) is 0 Å². The second-order valence-electron chi connectivity index (χ2n) is 5.11. The van der Waals surface area contributed by atoms with Gasteiger partial charge in [-0.1, -0.05) is 13.8 Å². The monoisotopic (exact) mass is 259 g/mol. The molecule has 0 fully saturated rings. The zero-order valence-corrected chi connectivity index (χ0v) is 12.3. The van der Waals surface area contributed by atoms with Gasteiger partial charge in [-0.05, 0) is 13.8 Å². The Morgan fingerprint density at radius 1 is 1.26 bits per heavy atom. The van der Waals surface area contributed by atoms with Crippen molar-refractivity contribution in [3.63, 3.8) is 0 Å². The summed E-state index contributed by atoms with van der Waals surface area (Å²) in [5, 5.41) is 0. The highest BCUT2D eigenvalue weighted by Crippen LogP contribution is 2.25. The zero-order chi connectivity index (χ0) is 14.0. The molecule has 0 atom stereocenters. The number of aryl methyl sites for hydroxylation is 1. The number of ether oxygens (including phenoxy) is 1. The van der Waals surface area contributed by atoms with Gasteiger partial charge in [0.2, 0.25) is 0 Å². The zero-order valence-electron chi connectivity index (χ0n) is 12.3. The first kappa shape index (κ1) is 13.6. The van der Waals surface area contributed by atoms with E-state index in [1.54, 1.807) is 7.11 Å². The molecule has 0 aromatic carbocycles. The number of imidazole rings is 1. The molecule has 0 saturated heterocycles. The molecule has 4 nitrogen and oxygen atoms in total. The fraction of sp³-hybridized carbons (Fsp3) is 0.467. The van der Waals surface area contributed by atoms with Crippen LogP contribution < -0.4 is 4.74 Å². The van der Waals surface area contributed by atoms with Crippen LogP contribution in [0.15, 0.2) is 18.6 Å². The van der Waals surface area contributed by atoms with Crippen LogP contribution in [0.5, 0.6) is 5.75 Å². The first-order chi connectivity index (χ1) is 9.04. The van der Waals surface area contributed by atoms with Gasteiger partial charge < -0.3 is 9.30 Å². The molecule has 0 aliphatic heterocycles. The molecule has 0 aliphatic carbocycles. The minimum atomic E-state index is 0.405. The van der Waals surface area contributed by atoms with E-state index in [1.807, 2.05) is 25.5 Å². The Bertz CT molecular complexity index is 573. The van der Waals surface area contributed by atoms with Gasteiger partial charge in [-0.15, -0.1) is 0 Å². The van der Waals surface area contributed by atoms with Crippen LogP contribution in [-0.4, -0.2) is 21.6 Å². The molecule has 0 amide bonds. The average Bonchev–Trinajstić information content (AvgIpc) is 2.82. The summed E-state index contributed by atoms with van der Waals surface area (Å²) in [6.07, 6.45) is 5.71. The normalized spacial score (nSPS) is 11.1. The Morgan fingerprint density at radius 2 is 2.00 bits per heavy atom. The van der Waals surface area contributed by atoms with Crippen molar-refractivity contribution in [1.82, 2.24) is 14.5 Å². The fourth-order valence-electron chi connectivity index (χ4n) is 2.35. The van der Waals surface area contributed by atoms with Gasteiger partial charge >= 0.3 is 0 Å². The van der Waals surface area contributed by atoms with Crippen LogP contribution in [-0.2, 0) is 6.54 Å². The van der Waals surface area contributed by atoms with Gasteiger partial charge in [0, 0.05) is 35.6 Å². The molecule has 0 unspecified atom stereocenters. The SMILES string of the molecule is COc1c(C)cnc(Cn2ccnc2C(C)C)c1C. The van der Waals surface area contributed by atoms with Crippen LogP contribution in [0.1, 0.15) is 42.4 Å². The Labute approximate surface area is 114 Å². The summed E-state index contributed by atoms with van der Waals surface area (Å²) in [4.78, 5) is 8.94. The molecule has 0 aliphatic rings. The van der Waals surface area contributed by atoms with Crippen LogP contribution in [0.3, 0.4) is 0 Å². The van der Waals surface area contributed by atoms with Gasteiger partial charge in [0.05, 0.1) is 19.3 Å². The molecule has 102 valence electrons. The molecule has 0 saturated carbocycles. The molecule has 2 aromatic rings. The van der Waals surface area contributed by atoms with E-state index >= 15 is 0 Å². The van der Waals surface area contributed by atoms with E-state index < -0.39 is 0 Å². The molecular weight excluding hydrogens is 238 g/mol. The van der Waals surface area contributed by atoms with E-state index in [9.17, 15) is 0 Å². The smallest absolute Gasteiger partial charge is 0.128 e. The van der Waals surface area contributed by atoms with E-state index in [-0.39, 0.29) is 0 Å². The Kier molecular flexibility index (Phi) is 3.88. The summed E-state index contributed by atoms with van der Waals surface area (Å²) >= 11 is 0. The summed E-state index contributed by atoms with van der Waals surface area (Å²) in [6, 6.07) is 0. The Hall–Kier alpha value is -1.84. The van der Waals surface area contributed by atoms with Crippen molar-refractivity contribution in [3.05, 3.63) is 41.2 Å². The third-order valence-electron chi connectivity index (χ3n) is 3.33. The van der Waals surface area contributed by atoms with Crippen LogP contribution in [0.4, 0.5) is 0 Å². The third-order valence-corrected chi connectivity index (χ3v) is 3.33. The lowest BCUT2D eigenvalue weighted by molar-refractivity contribution is 0.406. The summed E-state index contributed by atoms with van der Waals surface area (Å²) in [5.74, 6) is 2.42. The van der Waals surface area contributed by atoms with E-state index in [4.69, 9.17) is 4.74 Å². The van der Waals surface area contributed by atoms with Crippen LogP contribution >= 0.6 is 0 Å². The second-order valence-corrected chi connectivity index (χ2v) is 5.11. The fourth-order valence-corrected chi connectivity index (χ4v) is 2.35. The molecule has 19 heavy (non-hydrogen) atoms. The number of aromatic nitrogens is 3. The maximum Gasteiger partial charge on any atom is 0.128 e. The molecule has 2 aromatic heterocycles. The molecular formula is C15H21N3O. The molecule has 0 bridgehead atoms. The van der Waals surface area contributed by atoms with Gasteiger partial charge in [-0.2, -0.15) is 0 Å². The van der Waals surface area contributed by atoms with E-state index in [0.717, 1.165) is 34.9 Å². The van der Waals surface area contributed by atoms with E-state index in [0.29, 0.717) is 5.92 Å². The number of hydrogen-bond donors (Lipinski definition) is 0. The van der Waals surface area contributed by atoms with Gasteiger partial charge in [-0.25, -0.2) is 4.98 Å². The van der Waals surface area contributed by atoms with Crippen molar-refractivity contribution in [3.8, 4) is 5.75 Å². The summed E-state index contributed by atoms with van der Waals surface area (Å²) in [7, 11) is 1.70. The third kappa shape index (κ3) is 2.62. The maximum atomic E-state index is 5.45. The van der Waals surface area contributed by atoms with Crippen molar-refractivity contribution in [2.24, 2.45) is 0 Å².